The molecule has 3 aromatic rings. The summed E-state index contributed by atoms with van der Waals surface area (Å²) >= 11 is 1.28. The summed E-state index contributed by atoms with van der Waals surface area (Å²) in [6.07, 6.45) is 0. The predicted octanol–water partition coefficient (Wildman–Crippen LogP) is 3.36. The Labute approximate surface area is 123 Å². The van der Waals surface area contributed by atoms with Crippen LogP contribution in [-0.4, -0.2) is 27.1 Å². The van der Waals surface area contributed by atoms with Crippen LogP contribution in [-0.2, 0) is 0 Å². The molecule has 1 heterocycles. The Bertz CT molecular complexity index is 855. The molecule has 5 nitrogen and oxygen atoms in total. The standard InChI is InChI=1S/C15H9NO4S/c17-14(18)9-6-10(15(19)20)12-11(7-9)21-13(16-12)8-4-2-1-3-5-8/h1-7H,(H,17,18)(H,19,20). The van der Waals surface area contributed by atoms with Crippen LogP contribution in [0.15, 0.2) is 42.5 Å². The second-order valence-corrected chi connectivity index (χ2v) is 5.40. The highest BCUT2D eigenvalue weighted by molar-refractivity contribution is 7.21. The van der Waals surface area contributed by atoms with E-state index in [1.165, 1.54) is 17.4 Å². The van der Waals surface area contributed by atoms with Gasteiger partial charge in [-0.25, -0.2) is 14.6 Å². The first kappa shape index (κ1) is 13.3. The number of aromatic carboxylic acids is 2. The number of nitrogens with zero attached hydrogens (tertiary/aromatic N) is 1. The molecule has 0 spiro atoms. The third kappa shape index (κ3) is 2.36. The number of carbonyl (C=O) groups is 2. The molecule has 2 aromatic carbocycles. The van der Waals surface area contributed by atoms with Crippen molar-refractivity contribution in [3.8, 4) is 10.6 Å². The van der Waals surface area contributed by atoms with Gasteiger partial charge in [0.1, 0.15) is 5.01 Å². The van der Waals surface area contributed by atoms with Crippen LogP contribution in [0, 0.1) is 0 Å². The maximum atomic E-state index is 11.3. The van der Waals surface area contributed by atoms with Gasteiger partial charge in [-0.3, -0.25) is 0 Å². The van der Waals surface area contributed by atoms with Gasteiger partial charge in [0.25, 0.3) is 0 Å². The van der Waals surface area contributed by atoms with Gasteiger partial charge in [-0.1, -0.05) is 30.3 Å². The maximum absolute atomic E-state index is 11.3. The van der Waals surface area contributed by atoms with Gasteiger partial charge in [0.05, 0.1) is 21.3 Å². The molecular weight excluding hydrogens is 290 g/mol. The van der Waals surface area contributed by atoms with Gasteiger partial charge >= 0.3 is 11.9 Å². The Morgan fingerprint density at radius 3 is 2.33 bits per heavy atom. The molecule has 6 heteroatoms. The molecule has 0 unspecified atom stereocenters. The van der Waals surface area contributed by atoms with Crippen LogP contribution in [0.5, 0.6) is 0 Å². The third-order valence-electron chi connectivity index (χ3n) is 2.99. The summed E-state index contributed by atoms with van der Waals surface area (Å²) in [5.74, 6) is -2.35. The highest BCUT2D eigenvalue weighted by Gasteiger charge is 2.18. The van der Waals surface area contributed by atoms with E-state index in [1.807, 2.05) is 30.3 Å². The molecule has 21 heavy (non-hydrogen) atoms. The SMILES string of the molecule is O=C(O)c1cc(C(=O)O)c2nc(-c3ccccc3)sc2c1. The molecule has 2 N–H and O–H groups in total. The van der Waals surface area contributed by atoms with Gasteiger partial charge in [-0.15, -0.1) is 11.3 Å². The monoisotopic (exact) mass is 299 g/mol. The Balaban J connectivity index is 2.27. The second-order valence-electron chi connectivity index (χ2n) is 4.37. The number of benzene rings is 2. The Morgan fingerprint density at radius 1 is 1.00 bits per heavy atom. The van der Waals surface area contributed by atoms with Gasteiger partial charge in [-0.2, -0.15) is 0 Å². The van der Waals surface area contributed by atoms with Crippen molar-refractivity contribution in [3.63, 3.8) is 0 Å². The van der Waals surface area contributed by atoms with Crippen molar-refractivity contribution >= 4 is 33.5 Å². The average molecular weight is 299 g/mol. The fourth-order valence-electron chi connectivity index (χ4n) is 2.02. The first-order valence-corrected chi connectivity index (χ1v) is 6.84. The molecule has 0 atom stereocenters. The fourth-order valence-corrected chi connectivity index (χ4v) is 3.06. The number of aromatic nitrogens is 1. The molecule has 104 valence electrons. The van der Waals surface area contributed by atoms with Crippen LogP contribution < -0.4 is 0 Å². The van der Waals surface area contributed by atoms with Crippen molar-refractivity contribution in [2.24, 2.45) is 0 Å². The van der Waals surface area contributed by atoms with Crippen molar-refractivity contribution in [2.45, 2.75) is 0 Å². The van der Waals surface area contributed by atoms with Crippen molar-refractivity contribution in [2.75, 3.05) is 0 Å². The summed E-state index contributed by atoms with van der Waals surface area (Å²) in [6.45, 7) is 0. The van der Waals surface area contributed by atoms with E-state index in [0.29, 0.717) is 15.2 Å². The smallest absolute Gasteiger partial charge is 0.337 e. The van der Waals surface area contributed by atoms with Gasteiger partial charge < -0.3 is 10.2 Å². The number of fused-ring (bicyclic) bond motifs is 1. The zero-order valence-corrected chi connectivity index (χ0v) is 11.4. The topological polar surface area (TPSA) is 87.5 Å². The van der Waals surface area contributed by atoms with Crippen LogP contribution >= 0.6 is 11.3 Å². The first-order valence-electron chi connectivity index (χ1n) is 6.03. The number of carboxylic acids is 2. The van der Waals surface area contributed by atoms with Crippen LogP contribution in [0.25, 0.3) is 20.8 Å². The number of hydrogen-bond donors (Lipinski definition) is 2. The summed E-state index contributed by atoms with van der Waals surface area (Å²) < 4.78 is 0.547. The van der Waals surface area contributed by atoms with Crippen molar-refractivity contribution in [1.29, 1.82) is 0 Å². The minimum atomic E-state index is -1.19. The van der Waals surface area contributed by atoms with Gasteiger partial charge in [-0.05, 0) is 12.1 Å². The normalized spacial score (nSPS) is 10.7. The largest absolute Gasteiger partial charge is 0.478 e. The average Bonchev–Trinajstić information content (AvgIpc) is 2.90. The highest BCUT2D eigenvalue weighted by Crippen LogP contribution is 2.32. The molecule has 0 aliphatic rings. The van der Waals surface area contributed by atoms with E-state index in [4.69, 9.17) is 5.11 Å². The molecule has 0 saturated heterocycles. The second kappa shape index (κ2) is 4.99. The summed E-state index contributed by atoms with van der Waals surface area (Å²) in [5.41, 5.74) is 1.04. The molecule has 3 rings (SSSR count). The van der Waals surface area contributed by atoms with Gasteiger partial charge in [0.2, 0.25) is 0 Å². The maximum Gasteiger partial charge on any atom is 0.337 e. The van der Waals surface area contributed by atoms with Gasteiger partial charge in [0, 0.05) is 5.56 Å². The van der Waals surface area contributed by atoms with E-state index in [0.717, 1.165) is 11.6 Å². The highest BCUT2D eigenvalue weighted by atomic mass is 32.1. The molecule has 0 amide bonds. The minimum Gasteiger partial charge on any atom is -0.478 e. The molecule has 0 radical (unpaired) electrons. The lowest BCUT2D eigenvalue weighted by atomic mass is 10.1. The summed E-state index contributed by atoms with van der Waals surface area (Å²) in [4.78, 5) is 26.7. The molecule has 0 aliphatic carbocycles. The van der Waals surface area contributed by atoms with Gasteiger partial charge in [0.15, 0.2) is 0 Å². The number of thiazole rings is 1. The summed E-state index contributed by atoms with van der Waals surface area (Å²) in [6, 6.07) is 11.9. The van der Waals surface area contributed by atoms with Crippen LogP contribution in [0.2, 0.25) is 0 Å². The van der Waals surface area contributed by atoms with E-state index in [1.54, 1.807) is 0 Å². The number of carboxylic acid groups (broad SMARTS) is 2. The Morgan fingerprint density at radius 2 is 1.71 bits per heavy atom. The predicted molar refractivity (Wildman–Crippen MR) is 79.0 cm³/mol. The molecule has 0 fully saturated rings. The van der Waals surface area contributed by atoms with E-state index < -0.39 is 11.9 Å². The van der Waals surface area contributed by atoms with Crippen molar-refractivity contribution in [1.82, 2.24) is 4.98 Å². The molecule has 0 aliphatic heterocycles. The van der Waals surface area contributed by atoms with Crippen LogP contribution in [0.4, 0.5) is 0 Å². The third-order valence-corrected chi connectivity index (χ3v) is 4.04. The quantitative estimate of drug-likeness (QED) is 0.774. The molecule has 1 aromatic heterocycles. The molecule has 0 saturated carbocycles. The first-order chi connectivity index (χ1) is 10.1. The van der Waals surface area contributed by atoms with E-state index in [-0.39, 0.29) is 11.1 Å². The zero-order valence-electron chi connectivity index (χ0n) is 10.6. The van der Waals surface area contributed by atoms with Crippen molar-refractivity contribution < 1.29 is 19.8 Å². The summed E-state index contributed by atoms with van der Waals surface area (Å²) in [5, 5.41) is 19.0. The fraction of sp³-hybridized carbons (Fsp3) is 0. The van der Waals surface area contributed by atoms with Crippen molar-refractivity contribution in [3.05, 3.63) is 53.6 Å². The summed E-state index contributed by atoms with van der Waals surface area (Å²) in [7, 11) is 0. The van der Waals surface area contributed by atoms with Crippen LogP contribution in [0.3, 0.4) is 0 Å². The molecular formula is C15H9NO4S. The lowest BCUT2D eigenvalue weighted by Gasteiger charge is -1.99. The molecule has 0 bridgehead atoms. The van der Waals surface area contributed by atoms with E-state index >= 15 is 0 Å². The lowest BCUT2D eigenvalue weighted by Crippen LogP contribution is -2.02. The lowest BCUT2D eigenvalue weighted by molar-refractivity contribution is 0.0696. The number of rotatable bonds is 3. The zero-order chi connectivity index (χ0) is 15.0. The van der Waals surface area contributed by atoms with Crippen LogP contribution in [0.1, 0.15) is 20.7 Å². The Hall–Kier alpha value is -2.73. The number of hydrogen-bond acceptors (Lipinski definition) is 4. The van der Waals surface area contributed by atoms with E-state index in [9.17, 15) is 14.7 Å². The Kier molecular flexibility index (Phi) is 3.15. The van der Waals surface area contributed by atoms with E-state index in [2.05, 4.69) is 4.98 Å². The minimum absolute atomic E-state index is 0.0526.